The van der Waals surface area contributed by atoms with E-state index in [-0.39, 0.29) is 5.69 Å². The minimum atomic E-state index is -0.974. The average molecular weight is 277 g/mol. The fourth-order valence-electron chi connectivity index (χ4n) is 1.64. The Morgan fingerprint density at radius 1 is 1.47 bits per heavy atom. The molecule has 0 bridgehead atoms. The first-order valence-corrected chi connectivity index (χ1v) is 6.90. The molecular formula is C14H15NO3S. The van der Waals surface area contributed by atoms with Gasteiger partial charge in [0, 0.05) is 11.8 Å². The van der Waals surface area contributed by atoms with E-state index in [1.807, 2.05) is 31.2 Å². The van der Waals surface area contributed by atoms with Crippen LogP contribution in [0.4, 0.5) is 0 Å². The maximum atomic E-state index is 10.7. The Labute approximate surface area is 115 Å². The number of aryl methyl sites for hydroxylation is 2. The fourth-order valence-corrected chi connectivity index (χ4v) is 2.46. The van der Waals surface area contributed by atoms with Gasteiger partial charge in [-0.3, -0.25) is 0 Å². The van der Waals surface area contributed by atoms with E-state index in [9.17, 15) is 4.79 Å². The van der Waals surface area contributed by atoms with Crippen molar-refractivity contribution < 1.29 is 14.6 Å². The van der Waals surface area contributed by atoms with E-state index in [1.54, 1.807) is 5.38 Å². The minimum absolute atomic E-state index is 0.125. The van der Waals surface area contributed by atoms with Crippen LogP contribution in [0.5, 0.6) is 5.75 Å². The van der Waals surface area contributed by atoms with Gasteiger partial charge >= 0.3 is 5.97 Å². The molecule has 1 aromatic heterocycles. The molecule has 2 aromatic rings. The number of carboxylic acid groups (broad SMARTS) is 1. The zero-order valence-electron chi connectivity index (χ0n) is 10.6. The Morgan fingerprint density at radius 3 is 3.00 bits per heavy atom. The van der Waals surface area contributed by atoms with Gasteiger partial charge in [-0.25, -0.2) is 9.78 Å². The largest absolute Gasteiger partial charge is 0.494 e. The Morgan fingerprint density at radius 2 is 2.32 bits per heavy atom. The summed E-state index contributed by atoms with van der Waals surface area (Å²) in [5.41, 5.74) is 1.29. The van der Waals surface area contributed by atoms with Gasteiger partial charge in [-0.1, -0.05) is 12.1 Å². The molecule has 0 aliphatic carbocycles. The highest BCUT2D eigenvalue weighted by Crippen LogP contribution is 2.14. The Hall–Kier alpha value is -1.88. The van der Waals surface area contributed by atoms with Crippen molar-refractivity contribution in [1.29, 1.82) is 0 Å². The van der Waals surface area contributed by atoms with Crippen molar-refractivity contribution in [2.24, 2.45) is 0 Å². The number of nitrogens with zero attached hydrogens (tertiary/aromatic N) is 1. The summed E-state index contributed by atoms with van der Waals surface area (Å²) in [6.45, 7) is 2.63. The van der Waals surface area contributed by atoms with Gasteiger partial charge < -0.3 is 9.84 Å². The molecule has 1 N–H and O–H groups in total. The third-order valence-electron chi connectivity index (χ3n) is 2.56. The third-order valence-corrected chi connectivity index (χ3v) is 3.47. The second-order valence-electron chi connectivity index (χ2n) is 4.20. The number of rotatable bonds is 6. The third kappa shape index (κ3) is 4.06. The van der Waals surface area contributed by atoms with Gasteiger partial charge in [-0.15, -0.1) is 11.3 Å². The first-order chi connectivity index (χ1) is 9.15. The van der Waals surface area contributed by atoms with Crippen molar-refractivity contribution in [3.05, 3.63) is 45.9 Å². The molecular weight excluding hydrogens is 262 g/mol. The van der Waals surface area contributed by atoms with Crippen LogP contribution in [0.2, 0.25) is 0 Å². The second kappa shape index (κ2) is 6.33. The van der Waals surface area contributed by atoms with Crippen molar-refractivity contribution in [3.8, 4) is 5.75 Å². The first kappa shape index (κ1) is 13.5. The Kier molecular flexibility index (Phi) is 4.52. The summed E-state index contributed by atoms with van der Waals surface area (Å²) < 4.78 is 5.62. The molecule has 19 heavy (non-hydrogen) atoms. The molecule has 1 aromatic carbocycles. The van der Waals surface area contributed by atoms with Gasteiger partial charge in [0.2, 0.25) is 0 Å². The Balaban J connectivity index is 1.76. The molecule has 0 unspecified atom stereocenters. The molecule has 4 nitrogen and oxygen atoms in total. The van der Waals surface area contributed by atoms with E-state index >= 15 is 0 Å². The van der Waals surface area contributed by atoms with Crippen LogP contribution in [0.3, 0.4) is 0 Å². The van der Waals surface area contributed by atoms with Crippen molar-refractivity contribution in [3.63, 3.8) is 0 Å². The summed E-state index contributed by atoms with van der Waals surface area (Å²) in [5, 5.41) is 11.2. The zero-order valence-corrected chi connectivity index (χ0v) is 11.4. The smallest absolute Gasteiger partial charge is 0.355 e. The standard InChI is InChI=1S/C14H15NO3S/c1-10-4-2-5-11(8-10)18-7-3-6-13-15-12(9-19-13)14(16)17/h2,4-5,8-9H,3,6-7H2,1H3,(H,16,17). The number of thiazole rings is 1. The highest BCUT2D eigenvalue weighted by atomic mass is 32.1. The topological polar surface area (TPSA) is 59.4 Å². The molecule has 5 heteroatoms. The fraction of sp³-hybridized carbons (Fsp3) is 0.286. The lowest BCUT2D eigenvalue weighted by molar-refractivity contribution is 0.0691. The molecule has 0 spiro atoms. The van der Waals surface area contributed by atoms with Gasteiger partial charge in [0.05, 0.1) is 11.6 Å². The number of hydrogen-bond acceptors (Lipinski definition) is 4. The quantitative estimate of drug-likeness (QED) is 0.824. The van der Waals surface area contributed by atoms with Crippen LogP contribution in [0.1, 0.15) is 27.5 Å². The lowest BCUT2D eigenvalue weighted by atomic mass is 10.2. The van der Waals surface area contributed by atoms with E-state index in [2.05, 4.69) is 4.98 Å². The number of hydrogen-bond donors (Lipinski definition) is 1. The summed E-state index contributed by atoms with van der Waals surface area (Å²) >= 11 is 1.38. The van der Waals surface area contributed by atoms with E-state index in [1.165, 1.54) is 16.9 Å². The lowest BCUT2D eigenvalue weighted by Crippen LogP contribution is -2.00. The van der Waals surface area contributed by atoms with Crippen LogP contribution in [-0.2, 0) is 6.42 Å². The highest BCUT2D eigenvalue weighted by Gasteiger charge is 2.08. The highest BCUT2D eigenvalue weighted by molar-refractivity contribution is 7.09. The van der Waals surface area contributed by atoms with Crippen LogP contribution in [0, 0.1) is 6.92 Å². The summed E-state index contributed by atoms with van der Waals surface area (Å²) in [6.07, 6.45) is 1.56. The monoisotopic (exact) mass is 277 g/mol. The van der Waals surface area contributed by atoms with E-state index in [0.29, 0.717) is 6.61 Å². The molecule has 0 aliphatic rings. The molecule has 0 atom stereocenters. The number of aromatic carboxylic acids is 1. The molecule has 0 fully saturated rings. The predicted molar refractivity (Wildman–Crippen MR) is 74.1 cm³/mol. The van der Waals surface area contributed by atoms with E-state index in [0.717, 1.165) is 23.6 Å². The molecule has 0 amide bonds. The molecule has 0 radical (unpaired) electrons. The Bertz CT molecular complexity index is 565. The number of benzene rings is 1. The molecule has 0 saturated heterocycles. The van der Waals surface area contributed by atoms with Crippen molar-refractivity contribution in [1.82, 2.24) is 4.98 Å². The number of carbonyl (C=O) groups is 1. The SMILES string of the molecule is Cc1cccc(OCCCc2nc(C(=O)O)cs2)c1. The maximum absolute atomic E-state index is 10.7. The summed E-state index contributed by atoms with van der Waals surface area (Å²) in [5.74, 6) is -0.108. The first-order valence-electron chi connectivity index (χ1n) is 6.02. The zero-order chi connectivity index (χ0) is 13.7. The van der Waals surface area contributed by atoms with Gasteiger partial charge in [0.15, 0.2) is 5.69 Å². The maximum Gasteiger partial charge on any atom is 0.355 e. The number of ether oxygens (including phenoxy) is 1. The summed E-state index contributed by atoms with van der Waals surface area (Å²) in [4.78, 5) is 14.7. The molecule has 1 heterocycles. The van der Waals surface area contributed by atoms with Gasteiger partial charge in [-0.05, 0) is 31.0 Å². The van der Waals surface area contributed by atoms with Gasteiger partial charge in [0.25, 0.3) is 0 Å². The summed E-state index contributed by atoms with van der Waals surface area (Å²) in [7, 11) is 0. The van der Waals surface area contributed by atoms with E-state index in [4.69, 9.17) is 9.84 Å². The van der Waals surface area contributed by atoms with Crippen LogP contribution >= 0.6 is 11.3 Å². The van der Waals surface area contributed by atoms with Gasteiger partial charge in [0.1, 0.15) is 5.75 Å². The lowest BCUT2D eigenvalue weighted by Gasteiger charge is -2.05. The molecule has 0 saturated carbocycles. The van der Waals surface area contributed by atoms with E-state index < -0.39 is 5.97 Å². The van der Waals surface area contributed by atoms with Crippen LogP contribution in [0.25, 0.3) is 0 Å². The second-order valence-corrected chi connectivity index (χ2v) is 5.14. The molecule has 2 rings (SSSR count). The number of carboxylic acids is 1. The number of aromatic nitrogens is 1. The minimum Gasteiger partial charge on any atom is -0.494 e. The van der Waals surface area contributed by atoms with Crippen LogP contribution < -0.4 is 4.74 Å². The van der Waals surface area contributed by atoms with Crippen LogP contribution in [-0.4, -0.2) is 22.7 Å². The van der Waals surface area contributed by atoms with Crippen molar-refractivity contribution >= 4 is 17.3 Å². The van der Waals surface area contributed by atoms with Crippen molar-refractivity contribution in [2.45, 2.75) is 19.8 Å². The van der Waals surface area contributed by atoms with Crippen molar-refractivity contribution in [2.75, 3.05) is 6.61 Å². The molecule has 100 valence electrons. The normalized spacial score (nSPS) is 10.4. The average Bonchev–Trinajstić information content (AvgIpc) is 2.84. The predicted octanol–water partition coefficient (Wildman–Crippen LogP) is 3.16. The summed E-state index contributed by atoms with van der Waals surface area (Å²) in [6, 6.07) is 7.91. The molecule has 0 aliphatic heterocycles. The van der Waals surface area contributed by atoms with Crippen LogP contribution in [0.15, 0.2) is 29.6 Å². The van der Waals surface area contributed by atoms with Gasteiger partial charge in [-0.2, -0.15) is 0 Å².